The second-order valence-corrected chi connectivity index (χ2v) is 6.93. The van der Waals surface area contributed by atoms with Crippen LogP contribution >= 0.6 is 11.6 Å². The summed E-state index contributed by atoms with van der Waals surface area (Å²) in [7, 11) is -3.74. The van der Waals surface area contributed by atoms with Gasteiger partial charge in [-0.05, 0) is 49.9 Å². The van der Waals surface area contributed by atoms with Gasteiger partial charge in [0.1, 0.15) is 17.3 Å². The molecule has 0 unspecified atom stereocenters. The van der Waals surface area contributed by atoms with Crippen LogP contribution in [0.4, 0.5) is 5.82 Å². The summed E-state index contributed by atoms with van der Waals surface area (Å²) in [5, 5.41) is 0.177. The van der Waals surface area contributed by atoms with Crippen LogP contribution in [0.5, 0.6) is 0 Å². The van der Waals surface area contributed by atoms with Gasteiger partial charge in [0.25, 0.3) is 10.0 Å². The van der Waals surface area contributed by atoms with Crippen LogP contribution in [-0.4, -0.2) is 18.4 Å². The minimum absolute atomic E-state index is 0.146. The van der Waals surface area contributed by atoms with E-state index < -0.39 is 10.0 Å². The van der Waals surface area contributed by atoms with Crippen molar-refractivity contribution in [1.29, 1.82) is 0 Å². The first-order valence-corrected chi connectivity index (χ1v) is 8.16. The zero-order valence-corrected chi connectivity index (χ0v) is 13.8. The summed E-state index contributed by atoms with van der Waals surface area (Å²) in [5.74, 6) is 0.146. The Morgan fingerprint density at radius 2 is 1.57 bits per heavy atom. The van der Waals surface area contributed by atoms with Crippen LogP contribution in [0.2, 0.25) is 5.15 Å². The first kappa shape index (κ1) is 15.7. The fourth-order valence-corrected chi connectivity index (χ4v) is 3.93. The summed E-state index contributed by atoms with van der Waals surface area (Å²) in [6, 6.07) is 3.34. The summed E-state index contributed by atoms with van der Waals surface area (Å²) in [4.78, 5) is 7.88. The van der Waals surface area contributed by atoms with Crippen molar-refractivity contribution in [3.8, 4) is 0 Å². The second-order valence-electron chi connectivity index (χ2n) is 4.92. The van der Waals surface area contributed by atoms with Crippen molar-refractivity contribution in [2.24, 2.45) is 0 Å². The highest BCUT2D eigenvalue weighted by Gasteiger charge is 2.22. The van der Waals surface area contributed by atoms with E-state index in [4.69, 9.17) is 11.6 Å². The third-order valence-electron chi connectivity index (χ3n) is 3.44. The summed E-state index contributed by atoms with van der Waals surface area (Å²) in [6.07, 6.45) is 1.21. The molecule has 1 aromatic heterocycles. The highest BCUT2D eigenvalue weighted by Crippen LogP contribution is 2.27. The molecule has 0 radical (unpaired) electrons. The molecular formula is C14H16ClN3O2S. The molecule has 0 atom stereocenters. The molecule has 0 saturated heterocycles. The first-order valence-electron chi connectivity index (χ1n) is 6.30. The van der Waals surface area contributed by atoms with Crippen molar-refractivity contribution >= 4 is 27.4 Å². The molecule has 0 saturated carbocycles. The Kier molecular flexibility index (Phi) is 4.20. The van der Waals surface area contributed by atoms with Crippen LogP contribution in [0.1, 0.15) is 22.3 Å². The van der Waals surface area contributed by atoms with Crippen molar-refractivity contribution in [3.05, 3.63) is 45.9 Å². The lowest BCUT2D eigenvalue weighted by molar-refractivity contribution is 0.599. The molecule has 7 heteroatoms. The van der Waals surface area contributed by atoms with E-state index in [1.807, 2.05) is 19.9 Å². The van der Waals surface area contributed by atoms with E-state index in [9.17, 15) is 8.42 Å². The van der Waals surface area contributed by atoms with Crippen LogP contribution < -0.4 is 4.72 Å². The fourth-order valence-electron chi connectivity index (χ4n) is 2.16. The number of hydrogen-bond acceptors (Lipinski definition) is 4. The van der Waals surface area contributed by atoms with Gasteiger partial charge in [-0.15, -0.1) is 0 Å². The van der Waals surface area contributed by atoms with Crippen LogP contribution in [0.15, 0.2) is 23.4 Å². The molecule has 0 amide bonds. The number of anilines is 1. The number of halogens is 1. The third kappa shape index (κ3) is 3.16. The molecule has 0 fully saturated rings. The van der Waals surface area contributed by atoms with Crippen molar-refractivity contribution in [1.82, 2.24) is 9.97 Å². The molecule has 1 aromatic carbocycles. The molecule has 0 bridgehead atoms. The number of aromatic nitrogens is 2. The minimum Gasteiger partial charge on any atom is -0.263 e. The van der Waals surface area contributed by atoms with Gasteiger partial charge in [0.2, 0.25) is 0 Å². The van der Waals surface area contributed by atoms with Gasteiger partial charge in [0.15, 0.2) is 0 Å². The zero-order chi connectivity index (χ0) is 15.8. The minimum atomic E-state index is -3.74. The maximum atomic E-state index is 12.6. The molecule has 0 aliphatic carbocycles. The van der Waals surface area contributed by atoms with Crippen LogP contribution in [0.25, 0.3) is 0 Å². The number of sulfonamides is 1. The molecule has 112 valence electrons. The number of benzene rings is 1. The fraction of sp³-hybridized carbons (Fsp3) is 0.286. The Labute approximate surface area is 129 Å². The Morgan fingerprint density at radius 1 is 1.00 bits per heavy atom. The van der Waals surface area contributed by atoms with Gasteiger partial charge in [0.05, 0.1) is 4.90 Å². The number of nitrogens with one attached hydrogen (secondary N) is 1. The largest absolute Gasteiger partial charge is 0.263 e. The van der Waals surface area contributed by atoms with Crippen molar-refractivity contribution in [2.75, 3.05) is 4.72 Å². The van der Waals surface area contributed by atoms with Gasteiger partial charge in [0, 0.05) is 6.07 Å². The topological polar surface area (TPSA) is 72.0 Å². The Balaban J connectivity index is 2.55. The Bertz CT molecular complexity index is 778. The van der Waals surface area contributed by atoms with Crippen molar-refractivity contribution in [3.63, 3.8) is 0 Å². The van der Waals surface area contributed by atoms with Gasteiger partial charge in [-0.1, -0.05) is 17.7 Å². The number of nitrogens with zero attached hydrogens (tertiary/aromatic N) is 2. The average Bonchev–Trinajstić information content (AvgIpc) is 2.35. The van der Waals surface area contributed by atoms with E-state index in [2.05, 4.69) is 14.7 Å². The highest BCUT2D eigenvalue weighted by atomic mass is 35.5. The van der Waals surface area contributed by atoms with Gasteiger partial charge in [-0.25, -0.2) is 18.4 Å². The van der Waals surface area contributed by atoms with E-state index in [0.29, 0.717) is 0 Å². The van der Waals surface area contributed by atoms with E-state index >= 15 is 0 Å². The molecule has 2 aromatic rings. The van der Waals surface area contributed by atoms with E-state index in [1.165, 1.54) is 12.4 Å². The quantitative estimate of drug-likeness (QED) is 0.880. The van der Waals surface area contributed by atoms with Crippen LogP contribution in [0.3, 0.4) is 0 Å². The molecule has 0 spiro atoms. The molecule has 0 aliphatic heterocycles. The van der Waals surface area contributed by atoms with Gasteiger partial charge in [-0.3, -0.25) is 4.72 Å². The summed E-state index contributed by atoms with van der Waals surface area (Å²) in [6.45, 7) is 7.37. The van der Waals surface area contributed by atoms with Gasteiger partial charge < -0.3 is 0 Å². The second kappa shape index (κ2) is 5.61. The molecule has 1 heterocycles. The lowest BCUT2D eigenvalue weighted by Gasteiger charge is -2.16. The standard InChI is InChI=1S/C14H16ClN3O2S/c1-8-5-9(2)11(4)14(10(8)3)21(19,20)18-13-6-12(15)16-7-17-13/h5-7H,1-4H3,(H,16,17,18). The summed E-state index contributed by atoms with van der Waals surface area (Å²) < 4.78 is 27.7. The Hall–Kier alpha value is -1.66. The predicted octanol–water partition coefficient (Wildman–Crippen LogP) is 3.16. The van der Waals surface area contributed by atoms with Crippen molar-refractivity contribution < 1.29 is 8.42 Å². The maximum Gasteiger partial charge on any atom is 0.263 e. The summed E-state index contributed by atoms with van der Waals surface area (Å²) in [5.41, 5.74) is 3.31. The molecule has 1 N–H and O–H groups in total. The van der Waals surface area contributed by atoms with Crippen molar-refractivity contribution in [2.45, 2.75) is 32.6 Å². The normalized spacial score (nSPS) is 11.5. The SMILES string of the molecule is Cc1cc(C)c(C)c(S(=O)(=O)Nc2cc(Cl)ncn2)c1C. The lowest BCUT2D eigenvalue weighted by Crippen LogP contribution is -2.17. The van der Waals surface area contributed by atoms with Crippen LogP contribution in [0, 0.1) is 27.7 Å². The molecule has 0 aliphatic rings. The molecule has 21 heavy (non-hydrogen) atoms. The lowest BCUT2D eigenvalue weighted by atomic mass is 10.0. The van der Waals surface area contributed by atoms with Gasteiger partial charge >= 0.3 is 0 Å². The molecular weight excluding hydrogens is 310 g/mol. The predicted molar refractivity (Wildman–Crippen MR) is 83.2 cm³/mol. The maximum absolute atomic E-state index is 12.6. The number of rotatable bonds is 3. The first-order chi connectivity index (χ1) is 9.72. The number of aryl methyl sites for hydroxylation is 2. The smallest absolute Gasteiger partial charge is 0.263 e. The zero-order valence-electron chi connectivity index (χ0n) is 12.2. The highest BCUT2D eigenvalue weighted by molar-refractivity contribution is 7.92. The van der Waals surface area contributed by atoms with Gasteiger partial charge in [-0.2, -0.15) is 0 Å². The van der Waals surface area contributed by atoms with E-state index in [-0.39, 0.29) is 15.9 Å². The average molecular weight is 326 g/mol. The Morgan fingerprint density at radius 3 is 2.10 bits per heavy atom. The number of hydrogen-bond donors (Lipinski definition) is 1. The van der Waals surface area contributed by atoms with E-state index in [0.717, 1.165) is 22.3 Å². The molecule has 5 nitrogen and oxygen atoms in total. The van der Waals surface area contributed by atoms with Crippen LogP contribution in [-0.2, 0) is 10.0 Å². The third-order valence-corrected chi connectivity index (χ3v) is 5.27. The monoisotopic (exact) mass is 325 g/mol. The summed E-state index contributed by atoms with van der Waals surface area (Å²) >= 11 is 5.75. The van der Waals surface area contributed by atoms with E-state index in [1.54, 1.807) is 13.8 Å². The molecule has 2 rings (SSSR count).